The van der Waals surface area contributed by atoms with Crippen LogP contribution >= 0.6 is 22.9 Å². The molecule has 8 heteroatoms. The van der Waals surface area contributed by atoms with Crippen LogP contribution in [0, 0.1) is 0 Å². The van der Waals surface area contributed by atoms with Gasteiger partial charge in [-0.05, 0) is 36.2 Å². The third-order valence-corrected chi connectivity index (χ3v) is 4.93. The fraction of sp³-hybridized carbons (Fsp3) is 0.353. The first-order chi connectivity index (χ1) is 11.8. The van der Waals surface area contributed by atoms with Crippen molar-refractivity contribution >= 4 is 28.8 Å². The van der Waals surface area contributed by atoms with Crippen molar-refractivity contribution in [3.63, 3.8) is 0 Å². The van der Waals surface area contributed by atoms with E-state index in [1.165, 1.54) is 23.5 Å². The lowest BCUT2D eigenvalue weighted by atomic mass is 10.1. The van der Waals surface area contributed by atoms with Crippen LogP contribution in [0.4, 0.5) is 13.2 Å². The lowest BCUT2D eigenvalue weighted by molar-refractivity contribution is -0.137. The first kappa shape index (κ1) is 19.8. The van der Waals surface area contributed by atoms with Crippen molar-refractivity contribution in [3.8, 4) is 0 Å². The molecule has 1 atom stereocenters. The molecule has 0 saturated heterocycles. The molecule has 1 N–H and O–H groups in total. The van der Waals surface area contributed by atoms with Crippen molar-refractivity contribution in [3.05, 3.63) is 56.7 Å². The summed E-state index contributed by atoms with van der Waals surface area (Å²) < 4.78 is 43.5. The molecule has 0 radical (unpaired) electrons. The molecule has 25 heavy (non-hydrogen) atoms. The number of hydrogen-bond acceptors (Lipinski definition) is 3. The Hall–Kier alpha value is -1.57. The van der Waals surface area contributed by atoms with Crippen LogP contribution in [0.1, 0.15) is 28.5 Å². The number of carbonyl (C=O) groups excluding carboxylic acids is 1. The second-order valence-electron chi connectivity index (χ2n) is 5.36. The lowest BCUT2D eigenvalue weighted by Crippen LogP contribution is -2.29. The number of methoxy groups -OCH3 is 1. The molecule has 0 spiro atoms. The highest BCUT2D eigenvalue weighted by molar-refractivity contribution is 7.16. The van der Waals surface area contributed by atoms with E-state index in [4.69, 9.17) is 16.3 Å². The van der Waals surface area contributed by atoms with Gasteiger partial charge in [0.1, 0.15) is 6.10 Å². The van der Waals surface area contributed by atoms with Crippen molar-refractivity contribution in [2.75, 3.05) is 13.7 Å². The number of thiophene rings is 1. The van der Waals surface area contributed by atoms with E-state index in [2.05, 4.69) is 5.32 Å². The van der Waals surface area contributed by atoms with E-state index in [1.807, 2.05) is 6.07 Å². The molecule has 0 bridgehead atoms. The van der Waals surface area contributed by atoms with Crippen molar-refractivity contribution in [2.45, 2.75) is 25.1 Å². The Balaban J connectivity index is 1.80. The Labute approximate surface area is 152 Å². The number of benzene rings is 1. The number of alkyl halides is 3. The minimum absolute atomic E-state index is 0.187. The minimum Gasteiger partial charge on any atom is -0.374 e. The zero-order chi connectivity index (χ0) is 18.4. The number of rotatable bonds is 7. The number of nitrogens with one attached hydrogen (secondary N) is 1. The summed E-state index contributed by atoms with van der Waals surface area (Å²) in [6.07, 6.45) is -4.08. The SMILES string of the molecule is COC(CNC(=O)CCc1ccc(C(F)(F)F)cc1)c1ccc(Cl)s1. The van der Waals surface area contributed by atoms with Crippen LogP contribution in [0.25, 0.3) is 0 Å². The third kappa shape index (κ3) is 6.02. The molecule has 0 saturated carbocycles. The predicted molar refractivity (Wildman–Crippen MR) is 91.9 cm³/mol. The van der Waals surface area contributed by atoms with Gasteiger partial charge in [0.15, 0.2) is 0 Å². The second kappa shape index (κ2) is 8.69. The van der Waals surface area contributed by atoms with Gasteiger partial charge in [-0.25, -0.2) is 0 Å². The summed E-state index contributed by atoms with van der Waals surface area (Å²) in [5.41, 5.74) is -0.0188. The molecule has 1 heterocycles. The van der Waals surface area contributed by atoms with Crippen molar-refractivity contribution < 1.29 is 22.7 Å². The van der Waals surface area contributed by atoms with Crippen LogP contribution in [0.5, 0.6) is 0 Å². The molecule has 1 aromatic heterocycles. The smallest absolute Gasteiger partial charge is 0.374 e. The molecule has 3 nitrogen and oxygen atoms in total. The van der Waals surface area contributed by atoms with E-state index < -0.39 is 11.7 Å². The largest absolute Gasteiger partial charge is 0.416 e. The molecule has 0 aliphatic rings. The van der Waals surface area contributed by atoms with Crippen LogP contribution in [-0.4, -0.2) is 19.6 Å². The summed E-state index contributed by atoms with van der Waals surface area (Å²) in [6, 6.07) is 8.43. The van der Waals surface area contributed by atoms with E-state index in [1.54, 1.807) is 13.2 Å². The summed E-state index contributed by atoms with van der Waals surface area (Å²) in [5.74, 6) is -0.190. The summed E-state index contributed by atoms with van der Waals surface area (Å²) in [5, 5.41) is 2.77. The number of hydrogen-bond donors (Lipinski definition) is 1. The van der Waals surface area contributed by atoms with Gasteiger partial charge in [-0.2, -0.15) is 13.2 Å². The molecule has 0 fully saturated rings. The average molecular weight is 392 g/mol. The van der Waals surface area contributed by atoms with E-state index in [0.717, 1.165) is 17.0 Å². The maximum Gasteiger partial charge on any atom is 0.416 e. The highest BCUT2D eigenvalue weighted by atomic mass is 35.5. The van der Waals surface area contributed by atoms with Crippen LogP contribution in [0.3, 0.4) is 0 Å². The number of halogens is 4. The second-order valence-corrected chi connectivity index (χ2v) is 7.11. The van der Waals surface area contributed by atoms with Gasteiger partial charge in [0.2, 0.25) is 5.91 Å². The first-order valence-corrected chi connectivity index (χ1v) is 8.70. The van der Waals surface area contributed by atoms with Crippen molar-refractivity contribution in [2.24, 2.45) is 0 Å². The molecular weight excluding hydrogens is 375 g/mol. The highest BCUT2D eigenvalue weighted by Gasteiger charge is 2.29. The number of aryl methyl sites for hydroxylation is 1. The van der Waals surface area contributed by atoms with Gasteiger partial charge in [-0.1, -0.05) is 23.7 Å². The minimum atomic E-state index is -4.35. The van der Waals surface area contributed by atoms with Gasteiger partial charge < -0.3 is 10.1 Å². The summed E-state index contributed by atoms with van der Waals surface area (Å²) in [6.45, 7) is 0.305. The summed E-state index contributed by atoms with van der Waals surface area (Å²) in [4.78, 5) is 12.8. The van der Waals surface area contributed by atoms with Crippen LogP contribution in [0.15, 0.2) is 36.4 Å². The van der Waals surface area contributed by atoms with Gasteiger partial charge in [0, 0.05) is 25.0 Å². The summed E-state index contributed by atoms with van der Waals surface area (Å²) >= 11 is 7.27. The van der Waals surface area contributed by atoms with E-state index in [9.17, 15) is 18.0 Å². The van der Waals surface area contributed by atoms with E-state index in [0.29, 0.717) is 22.9 Å². The Kier molecular flexibility index (Phi) is 6.87. The van der Waals surface area contributed by atoms with Gasteiger partial charge >= 0.3 is 6.18 Å². The van der Waals surface area contributed by atoms with Crippen LogP contribution in [0.2, 0.25) is 4.34 Å². The fourth-order valence-corrected chi connectivity index (χ4v) is 3.35. The summed E-state index contributed by atoms with van der Waals surface area (Å²) in [7, 11) is 1.55. The Morgan fingerprint density at radius 2 is 1.92 bits per heavy atom. The molecule has 136 valence electrons. The maximum absolute atomic E-state index is 12.5. The molecule has 0 aliphatic carbocycles. The molecule has 1 aromatic carbocycles. The van der Waals surface area contributed by atoms with Crippen molar-refractivity contribution in [1.82, 2.24) is 5.32 Å². The van der Waals surface area contributed by atoms with Gasteiger partial charge in [-0.3, -0.25) is 4.79 Å². The number of amides is 1. The zero-order valence-corrected chi connectivity index (χ0v) is 15.0. The van der Waals surface area contributed by atoms with Crippen molar-refractivity contribution in [1.29, 1.82) is 0 Å². The number of carbonyl (C=O) groups is 1. The molecule has 2 aromatic rings. The highest BCUT2D eigenvalue weighted by Crippen LogP contribution is 2.29. The quantitative estimate of drug-likeness (QED) is 0.732. The normalized spacial score (nSPS) is 12.8. The fourth-order valence-electron chi connectivity index (χ4n) is 2.21. The predicted octanol–water partition coefficient (Wildman–Crippen LogP) is 4.86. The van der Waals surface area contributed by atoms with Gasteiger partial charge in [-0.15, -0.1) is 11.3 Å². The standard InChI is InChI=1S/C17H17ClF3NO2S/c1-24-13(14-7-8-15(18)25-14)10-22-16(23)9-4-11-2-5-12(6-3-11)17(19,20)21/h2-3,5-8,13H,4,9-10H2,1H3,(H,22,23). The van der Waals surface area contributed by atoms with E-state index >= 15 is 0 Å². The number of ether oxygens (including phenoxy) is 1. The van der Waals surface area contributed by atoms with Crippen LogP contribution in [-0.2, 0) is 22.1 Å². The van der Waals surface area contributed by atoms with Gasteiger partial charge in [0.25, 0.3) is 0 Å². The monoisotopic (exact) mass is 391 g/mol. The molecule has 0 aliphatic heterocycles. The average Bonchev–Trinajstić information content (AvgIpc) is 2.99. The third-order valence-electron chi connectivity index (χ3n) is 3.60. The maximum atomic E-state index is 12.5. The zero-order valence-electron chi connectivity index (χ0n) is 13.4. The topological polar surface area (TPSA) is 38.3 Å². The Morgan fingerprint density at radius 1 is 1.24 bits per heavy atom. The van der Waals surface area contributed by atoms with E-state index in [-0.39, 0.29) is 18.4 Å². The molecule has 1 unspecified atom stereocenters. The Morgan fingerprint density at radius 3 is 2.44 bits per heavy atom. The molecular formula is C17H17ClF3NO2S. The Bertz CT molecular complexity index is 701. The first-order valence-electron chi connectivity index (χ1n) is 7.50. The van der Waals surface area contributed by atoms with Gasteiger partial charge in [0.05, 0.1) is 9.90 Å². The molecule has 2 rings (SSSR count). The lowest BCUT2D eigenvalue weighted by Gasteiger charge is -2.14. The van der Waals surface area contributed by atoms with Crippen LogP contribution < -0.4 is 5.32 Å². The molecule has 1 amide bonds.